The van der Waals surface area contributed by atoms with E-state index in [1.807, 2.05) is 11.3 Å². The zero-order valence-electron chi connectivity index (χ0n) is 7.44. The van der Waals surface area contributed by atoms with Gasteiger partial charge in [0.1, 0.15) is 0 Å². The van der Waals surface area contributed by atoms with Gasteiger partial charge in [-0.2, -0.15) is 0 Å². The van der Waals surface area contributed by atoms with E-state index in [4.69, 9.17) is 0 Å². The van der Waals surface area contributed by atoms with Crippen LogP contribution in [0.25, 0.3) is 20.5 Å². The van der Waals surface area contributed by atoms with Crippen molar-refractivity contribution in [3.63, 3.8) is 0 Å². The number of benzene rings is 1. The molecule has 0 unspecified atom stereocenters. The van der Waals surface area contributed by atoms with Gasteiger partial charge >= 0.3 is 0 Å². The van der Waals surface area contributed by atoms with Gasteiger partial charge in [0, 0.05) is 15.1 Å². The lowest BCUT2D eigenvalue weighted by Crippen LogP contribution is -1.71. The van der Waals surface area contributed by atoms with Crippen molar-refractivity contribution in [2.45, 2.75) is 0 Å². The second-order valence-electron chi connectivity index (χ2n) is 3.12. The smallest absolute Gasteiger partial charge is 0.0429 e. The maximum atomic E-state index is 2.20. The second kappa shape index (κ2) is 3.23. The molecule has 0 aliphatic rings. The Morgan fingerprint density at radius 2 is 1.79 bits per heavy atom. The molecule has 2 heterocycles. The Kier molecular flexibility index (Phi) is 1.89. The summed E-state index contributed by atoms with van der Waals surface area (Å²) in [5.41, 5.74) is 1.37. The van der Waals surface area contributed by atoms with Crippen LogP contribution in [0.2, 0.25) is 0 Å². The topological polar surface area (TPSA) is 0 Å². The highest BCUT2D eigenvalue weighted by molar-refractivity contribution is 7.19. The first-order valence-corrected chi connectivity index (χ1v) is 6.21. The van der Waals surface area contributed by atoms with Crippen molar-refractivity contribution in [3.8, 4) is 10.4 Å². The molecule has 0 aliphatic carbocycles. The van der Waals surface area contributed by atoms with E-state index in [2.05, 4.69) is 47.2 Å². The standard InChI is InChI=1S/C12H8S2/c1-3-9-6-8-14-12(9)10(4-1)11-5-2-7-13-11/h1-8H. The maximum absolute atomic E-state index is 2.20. The molecule has 0 radical (unpaired) electrons. The summed E-state index contributed by atoms with van der Waals surface area (Å²) in [6.07, 6.45) is 0. The normalized spacial score (nSPS) is 10.9. The van der Waals surface area contributed by atoms with Crippen LogP contribution in [0.3, 0.4) is 0 Å². The van der Waals surface area contributed by atoms with Crippen molar-refractivity contribution in [2.24, 2.45) is 0 Å². The molecule has 0 nitrogen and oxygen atoms in total. The molecule has 0 bridgehead atoms. The van der Waals surface area contributed by atoms with Crippen molar-refractivity contribution < 1.29 is 0 Å². The third-order valence-corrected chi connectivity index (χ3v) is 4.13. The lowest BCUT2D eigenvalue weighted by molar-refractivity contribution is 1.82. The molecular weight excluding hydrogens is 208 g/mol. The van der Waals surface area contributed by atoms with Crippen LogP contribution in [0.1, 0.15) is 0 Å². The number of thiophene rings is 2. The SMILES string of the molecule is c1csc(-c2cccc3ccsc23)c1. The van der Waals surface area contributed by atoms with E-state index in [1.54, 1.807) is 11.3 Å². The molecule has 2 heteroatoms. The first kappa shape index (κ1) is 8.21. The molecule has 0 fully saturated rings. The molecule has 0 saturated heterocycles. The largest absolute Gasteiger partial charge is 0.144 e. The Morgan fingerprint density at radius 1 is 0.786 bits per heavy atom. The molecule has 0 aliphatic heterocycles. The Morgan fingerprint density at radius 3 is 2.64 bits per heavy atom. The first-order chi connectivity index (χ1) is 6.95. The van der Waals surface area contributed by atoms with Crippen LogP contribution >= 0.6 is 22.7 Å². The first-order valence-electron chi connectivity index (χ1n) is 4.45. The third-order valence-electron chi connectivity index (χ3n) is 2.27. The van der Waals surface area contributed by atoms with E-state index in [1.165, 1.54) is 20.5 Å². The summed E-state index contributed by atoms with van der Waals surface area (Å²) in [5.74, 6) is 0. The predicted molar refractivity (Wildman–Crippen MR) is 65.1 cm³/mol. The molecular formula is C12H8S2. The summed E-state index contributed by atoms with van der Waals surface area (Å²) >= 11 is 3.62. The van der Waals surface area contributed by atoms with Crippen LogP contribution in [0.5, 0.6) is 0 Å². The Bertz CT molecular complexity index is 546. The quantitative estimate of drug-likeness (QED) is 0.556. The molecule has 3 aromatic rings. The maximum Gasteiger partial charge on any atom is 0.0429 e. The molecule has 68 valence electrons. The van der Waals surface area contributed by atoms with Gasteiger partial charge in [-0.1, -0.05) is 24.3 Å². The van der Waals surface area contributed by atoms with Gasteiger partial charge in [-0.25, -0.2) is 0 Å². The van der Waals surface area contributed by atoms with Gasteiger partial charge in [0.05, 0.1) is 0 Å². The number of hydrogen-bond donors (Lipinski definition) is 0. The van der Waals surface area contributed by atoms with E-state index >= 15 is 0 Å². The van der Waals surface area contributed by atoms with Crippen molar-refractivity contribution in [3.05, 3.63) is 47.2 Å². The van der Waals surface area contributed by atoms with Gasteiger partial charge in [-0.05, 0) is 28.3 Å². The molecule has 14 heavy (non-hydrogen) atoms. The van der Waals surface area contributed by atoms with Crippen LogP contribution in [0, 0.1) is 0 Å². The van der Waals surface area contributed by atoms with E-state index in [9.17, 15) is 0 Å². The van der Waals surface area contributed by atoms with Crippen molar-refractivity contribution in [2.75, 3.05) is 0 Å². The van der Waals surface area contributed by atoms with Gasteiger partial charge in [0.25, 0.3) is 0 Å². The van der Waals surface area contributed by atoms with Gasteiger partial charge in [-0.3, -0.25) is 0 Å². The molecule has 0 spiro atoms. The highest BCUT2D eigenvalue weighted by Crippen LogP contribution is 2.34. The Balaban J connectivity index is 2.36. The summed E-state index contributed by atoms with van der Waals surface area (Å²) in [6, 6.07) is 13.0. The molecule has 3 rings (SSSR count). The lowest BCUT2D eigenvalue weighted by atomic mass is 10.1. The molecule has 0 saturated carbocycles. The Labute approximate surface area is 90.5 Å². The highest BCUT2D eigenvalue weighted by Gasteiger charge is 2.04. The number of rotatable bonds is 1. The summed E-state index contributed by atoms with van der Waals surface area (Å²) in [4.78, 5) is 1.36. The zero-order valence-corrected chi connectivity index (χ0v) is 9.07. The van der Waals surface area contributed by atoms with Crippen LogP contribution in [-0.2, 0) is 0 Å². The average Bonchev–Trinajstić information content (AvgIpc) is 2.88. The summed E-state index contributed by atoms with van der Waals surface area (Å²) in [5, 5.41) is 5.63. The van der Waals surface area contributed by atoms with E-state index in [-0.39, 0.29) is 0 Å². The number of fused-ring (bicyclic) bond motifs is 1. The predicted octanol–water partition coefficient (Wildman–Crippen LogP) is 4.63. The molecule has 0 amide bonds. The van der Waals surface area contributed by atoms with E-state index < -0.39 is 0 Å². The van der Waals surface area contributed by atoms with Crippen molar-refractivity contribution in [1.82, 2.24) is 0 Å². The van der Waals surface area contributed by atoms with Gasteiger partial charge < -0.3 is 0 Å². The minimum absolute atomic E-state index is 1.35. The van der Waals surface area contributed by atoms with Gasteiger partial charge in [-0.15, -0.1) is 22.7 Å². The van der Waals surface area contributed by atoms with Crippen LogP contribution in [-0.4, -0.2) is 0 Å². The summed E-state index contributed by atoms with van der Waals surface area (Å²) in [7, 11) is 0. The zero-order chi connectivity index (χ0) is 9.38. The highest BCUT2D eigenvalue weighted by atomic mass is 32.1. The lowest BCUT2D eigenvalue weighted by Gasteiger charge is -1.98. The average molecular weight is 216 g/mol. The minimum Gasteiger partial charge on any atom is -0.144 e. The monoisotopic (exact) mass is 216 g/mol. The Hall–Kier alpha value is -1.12. The van der Waals surface area contributed by atoms with Crippen LogP contribution < -0.4 is 0 Å². The molecule has 0 N–H and O–H groups in total. The van der Waals surface area contributed by atoms with E-state index in [0.29, 0.717) is 0 Å². The van der Waals surface area contributed by atoms with Crippen LogP contribution in [0.15, 0.2) is 47.2 Å². The van der Waals surface area contributed by atoms with Crippen molar-refractivity contribution >= 4 is 32.8 Å². The number of hydrogen-bond acceptors (Lipinski definition) is 2. The second-order valence-corrected chi connectivity index (χ2v) is 4.99. The fourth-order valence-electron chi connectivity index (χ4n) is 1.62. The fraction of sp³-hybridized carbons (Fsp3) is 0. The summed E-state index contributed by atoms with van der Waals surface area (Å²) in [6.45, 7) is 0. The third kappa shape index (κ3) is 1.19. The van der Waals surface area contributed by atoms with Crippen molar-refractivity contribution in [1.29, 1.82) is 0 Å². The van der Waals surface area contributed by atoms with Gasteiger partial charge in [0.15, 0.2) is 0 Å². The van der Waals surface area contributed by atoms with Crippen LogP contribution in [0.4, 0.5) is 0 Å². The summed E-state index contributed by atoms with van der Waals surface area (Å²) < 4.78 is 1.40. The molecule has 1 aromatic carbocycles. The fourth-order valence-corrected chi connectivity index (χ4v) is 3.37. The van der Waals surface area contributed by atoms with Gasteiger partial charge in [0.2, 0.25) is 0 Å². The minimum atomic E-state index is 1.35. The molecule has 2 aromatic heterocycles. The molecule has 0 atom stereocenters. The van der Waals surface area contributed by atoms with E-state index in [0.717, 1.165) is 0 Å².